The molecule has 1 aliphatic heterocycles. The van der Waals surface area contributed by atoms with Crippen LogP contribution in [-0.4, -0.2) is 26.5 Å². The number of halogens is 1. The molecular formula is C25H17FN4O4S. The van der Waals surface area contributed by atoms with Gasteiger partial charge in [0.25, 0.3) is 5.56 Å². The van der Waals surface area contributed by atoms with Gasteiger partial charge < -0.3 is 14.0 Å². The second-order valence-corrected chi connectivity index (χ2v) is 8.85. The topological polar surface area (TPSA) is 92.3 Å². The van der Waals surface area contributed by atoms with E-state index in [2.05, 4.69) is 10.1 Å². The SMILES string of the molecule is Cc1cccc(-n2c(SCc3nc(-c4ccc(F)cc4)no3)nc3cc4c(cc3c2=O)OCO4)c1. The highest BCUT2D eigenvalue weighted by molar-refractivity contribution is 7.98. The zero-order chi connectivity index (χ0) is 23.9. The van der Waals surface area contributed by atoms with Crippen LogP contribution in [0.3, 0.4) is 0 Å². The van der Waals surface area contributed by atoms with Crippen molar-refractivity contribution < 1.29 is 18.4 Å². The van der Waals surface area contributed by atoms with Gasteiger partial charge in [0.05, 0.1) is 22.3 Å². The van der Waals surface area contributed by atoms with Crippen LogP contribution < -0.4 is 15.0 Å². The van der Waals surface area contributed by atoms with E-state index >= 15 is 0 Å². The number of ether oxygens (including phenoxy) is 2. The number of nitrogens with zero attached hydrogens (tertiary/aromatic N) is 4. The average Bonchev–Trinajstić information content (AvgIpc) is 3.51. The van der Waals surface area contributed by atoms with Gasteiger partial charge in [-0.3, -0.25) is 9.36 Å². The first kappa shape index (κ1) is 21.4. The summed E-state index contributed by atoms with van der Waals surface area (Å²) >= 11 is 1.30. The number of fused-ring (bicyclic) bond motifs is 2. The fourth-order valence-electron chi connectivity index (χ4n) is 3.80. The lowest BCUT2D eigenvalue weighted by Crippen LogP contribution is -2.22. The van der Waals surface area contributed by atoms with Gasteiger partial charge in [-0.25, -0.2) is 9.37 Å². The maximum absolute atomic E-state index is 13.6. The molecule has 0 saturated carbocycles. The van der Waals surface area contributed by atoms with Crippen LogP contribution in [-0.2, 0) is 5.75 Å². The molecule has 8 nitrogen and oxygen atoms in total. The number of hydrogen-bond acceptors (Lipinski definition) is 8. The molecule has 0 atom stereocenters. The van der Waals surface area contributed by atoms with Gasteiger partial charge in [0.2, 0.25) is 18.5 Å². The summed E-state index contributed by atoms with van der Waals surface area (Å²) in [5.74, 6) is 1.72. The van der Waals surface area contributed by atoms with Crippen LogP contribution in [0.1, 0.15) is 11.5 Å². The molecule has 0 unspecified atom stereocenters. The van der Waals surface area contributed by atoms with Gasteiger partial charge in [-0.15, -0.1) is 0 Å². The highest BCUT2D eigenvalue weighted by atomic mass is 32.2. The first-order chi connectivity index (χ1) is 17.0. The van der Waals surface area contributed by atoms with Crippen LogP contribution >= 0.6 is 11.8 Å². The van der Waals surface area contributed by atoms with E-state index in [4.69, 9.17) is 19.0 Å². The molecule has 174 valence electrons. The van der Waals surface area contributed by atoms with Crippen LogP contribution in [0.2, 0.25) is 0 Å². The Labute approximate surface area is 202 Å². The Morgan fingerprint density at radius 2 is 1.83 bits per heavy atom. The molecule has 5 aromatic rings. The molecule has 0 bridgehead atoms. The lowest BCUT2D eigenvalue weighted by Gasteiger charge is -2.13. The number of hydrogen-bond donors (Lipinski definition) is 0. The lowest BCUT2D eigenvalue weighted by atomic mass is 10.2. The van der Waals surface area contributed by atoms with Crippen molar-refractivity contribution in [3.63, 3.8) is 0 Å². The largest absolute Gasteiger partial charge is 0.454 e. The van der Waals surface area contributed by atoms with E-state index in [9.17, 15) is 9.18 Å². The molecule has 2 aromatic heterocycles. The van der Waals surface area contributed by atoms with Gasteiger partial charge in [0, 0.05) is 11.6 Å². The standard InChI is InChI=1S/C25H17FN4O4S/c1-14-3-2-4-17(9-14)30-24(31)18-10-20-21(33-13-32-20)11-19(18)27-25(30)35-12-22-28-23(29-34-22)15-5-7-16(26)8-6-15/h2-11H,12-13H2,1H3. The van der Waals surface area contributed by atoms with E-state index in [-0.39, 0.29) is 23.9 Å². The van der Waals surface area contributed by atoms with Gasteiger partial charge in [0.15, 0.2) is 16.7 Å². The summed E-state index contributed by atoms with van der Waals surface area (Å²) in [5.41, 5.74) is 2.63. The van der Waals surface area contributed by atoms with Crippen molar-refractivity contribution in [3.05, 3.63) is 88.3 Å². The molecular weight excluding hydrogens is 471 g/mol. The molecule has 0 saturated heterocycles. The van der Waals surface area contributed by atoms with Crippen molar-refractivity contribution in [1.29, 1.82) is 0 Å². The molecule has 0 spiro atoms. The summed E-state index contributed by atoms with van der Waals surface area (Å²) in [6, 6.07) is 16.9. The second kappa shape index (κ2) is 8.55. The molecule has 3 aromatic carbocycles. The Kier molecular flexibility index (Phi) is 5.22. The summed E-state index contributed by atoms with van der Waals surface area (Å²) < 4.78 is 31.1. The molecule has 6 rings (SSSR count). The van der Waals surface area contributed by atoms with Gasteiger partial charge in [-0.2, -0.15) is 4.98 Å². The monoisotopic (exact) mass is 488 g/mol. The van der Waals surface area contributed by atoms with Crippen molar-refractivity contribution in [2.45, 2.75) is 17.8 Å². The highest BCUT2D eigenvalue weighted by Gasteiger charge is 2.20. The predicted octanol–water partition coefficient (Wildman–Crippen LogP) is 4.90. The fourth-order valence-corrected chi connectivity index (χ4v) is 4.65. The number of benzene rings is 3. The number of aryl methyl sites for hydroxylation is 1. The second-order valence-electron chi connectivity index (χ2n) is 7.90. The smallest absolute Gasteiger partial charge is 0.266 e. The first-order valence-electron chi connectivity index (χ1n) is 10.7. The normalized spacial score (nSPS) is 12.4. The van der Waals surface area contributed by atoms with Gasteiger partial charge in [0.1, 0.15) is 5.82 Å². The summed E-state index contributed by atoms with van der Waals surface area (Å²) in [4.78, 5) is 22.8. The van der Waals surface area contributed by atoms with E-state index in [1.54, 1.807) is 28.8 Å². The Morgan fingerprint density at radius 1 is 1.03 bits per heavy atom. The third-order valence-electron chi connectivity index (χ3n) is 5.49. The van der Waals surface area contributed by atoms with E-state index in [0.29, 0.717) is 50.5 Å². The third-order valence-corrected chi connectivity index (χ3v) is 6.41. The summed E-state index contributed by atoms with van der Waals surface area (Å²) in [6.45, 7) is 2.07. The minimum absolute atomic E-state index is 0.104. The third kappa shape index (κ3) is 4.01. The highest BCUT2D eigenvalue weighted by Crippen LogP contribution is 2.35. The average molecular weight is 489 g/mol. The fraction of sp³-hybridized carbons (Fsp3) is 0.120. The number of thioether (sulfide) groups is 1. The molecule has 0 aliphatic carbocycles. The van der Waals surface area contributed by atoms with Crippen molar-refractivity contribution in [3.8, 4) is 28.6 Å². The Hall–Kier alpha value is -4.18. The quantitative estimate of drug-likeness (QED) is 0.255. The van der Waals surface area contributed by atoms with E-state index < -0.39 is 0 Å². The zero-order valence-corrected chi connectivity index (χ0v) is 19.2. The van der Waals surface area contributed by atoms with Crippen LogP contribution in [0.15, 0.2) is 75.1 Å². The zero-order valence-electron chi connectivity index (χ0n) is 18.4. The maximum atomic E-state index is 13.6. The molecule has 0 N–H and O–H groups in total. The van der Waals surface area contributed by atoms with Crippen LogP contribution in [0.5, 0.6) is 11.5 Å². The summed E-state index contributed by atoms with van der Waals surface area (Å²) in [5, 5.41) is 4.88. The molecule has 1 aliphatic rings. The van der Waals surface area contributed by atoms with Gasteiger partial charge in [-0.05, 0) is 55.0 Å². The molecule has 0 fully saturated rings. The van der Waals surface area contributed by atoms with Crippen molar-refractivity contribution >= 4 is 22.7 Å². The molecule has 3 heterocycles. The minimum atomic E-state index is -0.341. The first-order valence-corrected chi connectivity index (χ1v) is 11.7. The van der Waals surface area contributed by atoms with Crippen molar-refractivity contribution in [2.24, 2.45) is 0 Å². The van der Waals surface area contributed by atoms with Gasteiger partial charge >= 0.3 is 0 Å². The maximum Gasteiger partial charge on any atom is 0.266 e. The van der Waals surface area contributed by atoms with Crippen LogP contribution in [0.4, 0.5) is 4.39 Å². The van der Waals surface area contributed by atoms with Crippen molar-refractivity contribution in [2.75, 3.05) is 6.79 Å². The minimum Gasteiger partial charge on any atom is -0.454 e. The van der Waals surface area contributed by atoms with E-state index in [1.807, 2.05) is 31.2 Å². The van der Waals surface area contributed by atoms with E-state index in [1.165, 1.54) is 23.9 Å². The number of aromatic nitrogens is 4. The van der Waals surface area contributed by atoms with Crippen molar-refractivity contribution in [1.82, 2.24) is 19.7 Å². The molecule has 35 heavy (non-hydrogen) atoms. The van der Waals surface area contributed by atoms with E-state index in [0.717, 1.165) is 5.56 Å². The molecule has 0 amide bonds. The van der Waals surface area contributed by atoms with Crippen LogP contribution in [0, 0.1) is 12.7 Å². The Morgan fingerprint density at radius 3 is 2.63 bits per heavy atom. The molecule has 10 heteroatoms. The Bertz CT molecular complexity index is 1630. The summed E-state index contributed by atoms with van der Waals surface area (Å²) in [7, 11) is 0. The lowest BCUT2D eigenvalue weighted by molar-refractivity contribution is 0.174. The predicted molar refractivity (Wildman–Crippen MR) is 127 cm³/mol. The molecule has 0 radical (unpaired) electrons. The van der Waals surface area contributed by atoms with Gasteiger partial charge in [-0.1, -0.05) is 29.1 Å². The van der Waals surface area contributed by atoms with Crippen LogP contribution in [0.25, 0.3) is 28.0 Å². The Balaban J connectivity index is 1.40. The summed E-state index contributed by atoms with van der Waals surface area (Å²) in [6.07, 6.45) is 0. The number of rotatable bonds is 5.